The van der Waals surface area contributed by atoms with Gasteiger partial charge in [-0.2, -0.15) is 0 Å². The molecule has 2 aliphatic rings. The lowest BCUT2D eigenvalue weighted by atomic mass is 9.95. The molecule has 2 heterocycles. The van der Waals surface area contributed by atoms with Crippen LogP contribution in [0.15, 0.2) is 21.5 Å². The van der Waals surface area contributed by atoms with Gasteiger partial charge in [-0.1, -0.05) is 13.3 Å². The van der Waals surface area contributed by atoms with Crippen molar-refractivity contribution in [1.29, 1.82) is 0 Å². The molecule has 4 atom stereocenters. The van der Waals surface area contributed by atoms with Crippen molar-refractivity contribution in [3.63, 3.8) is 0 Å². The molecule has 1 aromatic rings. The zero-order valence-electron chi connectivity index (χ0n) is 18.7. The molecule has 0 spiro atoms. The number of nitrogens with one attached hydrogen (secondary N) is 2. The van der Waals surface area contributed by atoms with Gasteiger partial charge in [-0.15, -0.1) is 24.0 Å². The highest BCUT2D eigenvalue weighted by Gasteiger charge is 2.28. The van der Waals surface area contributed by atoms with Crippen LogP contribution in [0.1, 0.15) is 69.9 Å². The van der Waals surface area contributed by atoms with E-state index in [9.17, 15) is 4.21 Å². The quantitative estimate of drug-likeness (QED) is 0.291. The van der Waals surface area contributed by atoms with Gasteiger partial charge in [-0.25, -0.2) is 0 Å². The van der Waals surface area contributed by atoms with E-state index in [-0.39, 0.29) is 30.0 Å². The van der Waals surface area contributed by atoms with E-state index in [1.165, 1.54) is 12.8 Å². The van der Waals surface area contributed by atoms with E-state index in [2.05, 4.69) is 28.5 Å². The fourth-order valence-electron chi connectivity index (χ4n) is 4.51. The fourth-order valence-corrected chi connectivity index (χ4v) is 5.86. The summed E-state index contributed by atoms with van der Waals surface area (Å²) < 4.78 is 18.2. The van der Waals surface area contributed by atoms with Gasteiger partial charge in [0.25, 0.3) is 0 Å². The molecular weight excluding hydrogens is 511 g/mol. The van der Waals surface area contributed by atoms with Gasteiger partial charge < -0.3 is 15.1 Å². The Hall–Kier alpha value is -0.610. The number of nitrogens with zero attached hydrogens (tertiary/aromatic N) is 2. The third-order valence-electron chi connectivity index (χ3n) is 6.06. The maximum Gasteiger partial charge on any atom is 0.191 e. The number of halogens is 1. The van der Waals surface area contributed by atoms with Crippen molar-refractivity contribution in [2.24, 2.45) is 4.99 Å². The lowest BCUT2D eigenvalue weighted by molar-refractivity contribution is 0.219. The van der Waals surface area contributed by atoms with Crippen LogP contribution >= 0.6 is 24.0 Å². The SMILES string of the molecule is CCNC(=NCC(c1ccc(C)o1)N1CCCC1)NC1CCCC(S(=O)CC)C1.I. The third kappa shape index (κ3) is 7.22. The van der Waals surface area contributed by atoms with E-state index in [1.54, 1.807) is 0 Å². The van der Waals surface area contributed by atoms with Crippen LogP contribution < -0.4 is 10.6 Å². The summed E-state index contributed by atoms with van der Waals surface area (Å²) in [6, 6.07) is 4.67. The first-order valence-corrected chi connectivity index (χ1v) is 12.7. The molecule has 6 nitrogen and oxygen atoms in total. The Balaban J connectivity index is 0.00000320. The van der Waals surface area contributed by atoms with Crippen LogP contribution in [0.2, 0.25) is 0 Å². The predicted octanol–water partition coefficient (Wildman–Crippen LogP) is 3.98. The van der Waals surface area contributed by atoms with Crippen molar-refractivity contribution in [3.05, 3.63) is 23.7 Å². The lowest BCUT2D eigenvalue weighted by Crippen LogP contribution is -2.47. The highest BCUT2D eigenvalue weighted by atomic mass is 127. The molecule has 8 heteroatoms. The van der Waals surface area contributed by atoms with E-state index < -0.39 is 10.8 Å². The van der Waals surface area contributed by atoms with Crippen LogP contribution in [0, 0.1) is 6.92 Å². The first-order valence-electron chi connectivity index (χ1n) is 11.3. The van der Waals surface area contributed by atoms with Gasteiger partial charge in [-0.05, 0) is 71.2 Å². The maximum atomic E-state index is 12.3. The van der Waals surface area contributed by atoms with Crippen LogP contribution in [0.4, 0.5) is 0 Å². The number of aryl methyl sites for hydroxylation is 1. The topological polar surface area (TPSA) is 69.9 Å². The molecule has 0 radical (unpaired) electrons. The highest BCUT2D eigenvalue weighted by Crippen LogP contribution is 2.27. The molecule has 0 bridgehead atoms. The summed E-state index contributed by atoms with van der Waals surface area (Å²) in [5.74, 6) is 3.59. The minimum atomic E-state index is -0.707. The summed E-state index contributed by atoms with van der Waals surface area (Å²) >= 11 is 0. The number of hydrogen-bond acceptors (Lipinski definition) is 4. The monoisotopic (exact) mass is 550 g/mol. The molecule has 1 saturated carbocycles. The van der Waals surface area contributed by atoms with Gasteiger partial charge in [-0.3, -0.25) is 14.1 Å². The minimum Gasteiger partial charge on any atom is -0.465 e. The molecule has 2 fully saturated rings. The fraction of sp³-hybridized carbons (Fsp3) is 0.773. The van der Waals surface area contributed by atoms with Crippen LogP contribution in [-0.4, -0.2) is 58.3 Å². The Morgan fingerprint density at radius 3 is 2.67 bits per heavy atom. The van der Waals surface area contributed by atoms with Crippen LogP contribution in [0.5, 0.6) is 0 Å². The molecule has 172 valence electrons. The Morgan fingerprint density at radius 1 is 1.27 bits per heavy atom. The summed E-state index contributed by atoms with van der Waals surface area (Å²) in [7, 11) is -0.707. The average Bonchev–Trinajstić information content (AvgIpc) is 3.40. The minimum absolute atomic E-state index is 0. The van der Waals surface area contributed by atoms with Gasteiger partial charge >= 0.3 is 0 Å². The van der Waals surface area contributed by atoms with Crippen molar-refractivity contribution in [1.82, 2.24) is 15.5 Å². The average molecular weight is 551 g/mol. The van der Waals surface area contributed by atoms with E-state index in [0.29, 0.717) is 17.8 Å². The normalized spacial score (nSPS) is 24.8. The first-order chi connectivity index (χ1) is 14.1. The van der Waals surface area contributed by atoms with Crippen molar-refractivity contribution in [3.8, 4) is 0 Å². The zero-order valence-corrected chi connectivity index (χ0v) is 21.8. The maximum absolute atomic E-state index is 12.3. The van der Waals surface area contributed by atoms with E-state index in [4.69, 9.17) is 9.41 Å². The number of hydrogen-bond donors (Lipinski definition) is 2. The predicted molar refractivity (Wildman–Crippen MR) is 136 cm³/mol. The highest BCUT2D eigenvalue weighted by molar-refractivity contribution is 14.0. The Labute approximate surface area is 201 Å². The van der Waals surface area contributed by atoms with Crippen molar-refractivity contribution < 1.29 is 8.63 Å². The summed E-state index contributed by atoms with van der Waals surface area (Å²) in [6.45, 7) is 9.85. The number of rotatable bonds is 8. The molecule has 4 unspecified atom stereocenters. The summed E-state index contributed by atoms with van der Waals surface area (Å²) in [4.78, 5) is 7.44. The standard InChI is InChI=1S/C22H38N4O2S.HI/c1-4-23-22(25-18-9-8-10-19(15-18)29(27)5-2)24-16-20(26-13-6-7-14-26)21-12-11-17(3)28-21;/h11-12,18-20H,4-10,13-16H2,1-3H3,(H2,23,24,25);1H. The van der Waals surface area contributed by atoms with Gasteiger partial charge in [0, 0.05) is 34.4 Å². The molecule has 1 saturated heterocycles. The zero-order chi connectivity index (χ0) is 20.6. The van der Waals surface area contributed by atoms with Crippen molar-refractivity contribution >= 4 is 40.7 Å². The molecule has 30 heavy (non-hydrogen) atoms. The first kappa shape index (κ1) is 25.6. The molecule has 1 aromatic heterocycles. The van der Waals surface area contributed by atoms with Gasteiger partial charge in [0.15, 0.2) is 5.96 Å². The number of guanidine groups is 1. The second-order valence-corrected chi connectivity index (χ2v) is 10.2. The molecule has 1 aliphatic heterocycles. The molecule has 2 N–H and O–H groups in total. The van der Waals surface area contributed by atoms with Gasteiger partial charge in [0.1, 0.15) is 11.5 Å². The van der Waals surface area contributed by atoms with Crippen molar-refractivity contribution in [2.75, 3.05) is 31.9 Å². The number of aliphatic imine (C=N–C) groups is 1. The van der Waals surface area contributed by atoms with Crippen molar-refractivity contribution in [2.45, 2.75) is 76.6 Å². The van der Waals surface area contributed by atoms with Gasteiger partial charge in [0.05, 0.1) is 12.6 Å². The third-order valence-corrected chi connectivity index (χ3v) is 7.80. The Bertz CT molecular complexity index is 690. The summed E-state index contributed by atoms with van der Waals surface area (Å²) in [6.07, 6.45) is 6.80. The lowest BCUT2D eigenvalue weighted by Gasteiger charge is -2.30. The molecule has 1 aliphatic carbocycles. The second kappa shape index (κ2) is 13.1. The summed E-state index contributed by atoms with van der Waals surface area (Å²) in [5.41, 5.74) is 0. The summed E-state index contributed by atoms with van der Waals surface area (Å²) in [5, 5.41) is 7.35. The number of likely N-dealkylation sites (tertiary alicyclic amines) is 1. The smallest absolute Gasteiger partial charge is 0.191 e. The molecule has 0 aromatic carbocycles. The molecule has 3 rings (SSSR count). The Kier molecular flexibility index (Phi) is 11.2. The van der Waals surface area contributed by atoms with E-state index >= 15 is 0 Å². The second-order valence-electron chi connectivity index (χ2n) is 8.23. The van der Waals surface area contributed by atoms with Gasteiger partial charge in [0.2, 0.25) is 0 Å². The van der Waals surface area contributed by atoms with Crippen LogP contribution in [0.25, 0.3) is 0 Å². The van der Waals surface area contributed by atoms with E-state index in [0.717, 1.165) is 68.6 Å². The van der Waals surface area contributed by atoms with E-state index in [1.807, 2.05) is 19.9 Å². The molecular formula is C22H39IN4O2S. The molecule has 0 amide bonds. The van der Waals surface area contributed by atoms with Crippen LogP contribution in [0.3, 0.4) is 0 Å². The van der Waals surface area contributed by atoms with Crippen LogP contribution in [-0.2, 0) is 10.8 Å². The largest absolute Gasteiger partial charge is 0.465 e. The number of furan rings is 1. The Morgan fingerprint density at radius 2 is 2.03 bits per heavy atom.